The number of fused-ring (bicyclic) bond motifs is 2. The van der Waals surface area contributed by atoms with Crippen molar-refractivity contribution < 1.29 is 0 Å². The van der Waals surface area contributed by atoms with Crippen molar-refractivity contribution in [3.05, 3.63) is 0 Å². The molecule has 0 amide bonds. The van der Waals surface area contributed by atoms with E-state index in [0.717, 1.165) is 16.2 Å². The fourth-order valence-electron chi connectivity index (χ4n) is 3.89. The number of thiocarbonyl (C=S) groups is 1. The molecule has 3 aliphatic carbocycles. The third-order valence-corrected chi connectivity index (χ3v) is 8.05. The highest BCUT2D eigenvalue weighted by atomic mass is 32.2. The fraction of sp³-hybridized carbons (Fsp3) is 0.917. The zero-order chi connectivity index (χ0) is 12.3. The van der Waals surface area contributed by atoms with E-state index in [0.29, 0.717) is 14.9 Å². The number of hydrazine groups is 1. The average Bonchev–Trinajstić information content (AvgIpc) is 2.62. The molecule has 0 aromatic carbocycles. The zero-order valence-corrected chi connectivity index (χ0v) is 13.0. The first-order valence-corrected chi connectivity index (χ1v) is 8.48. The molecule has 1 heterocycles. The summed E-state index contributed by atoms with van der Waals surface area (Å²) in [5.74, 6) is 1.85. The van der Waals surface area contributed by atoms with Gasteiger partial charge in [-0.15, -0.1) is 11.8 Å². The van der Waals surface area contributed by atoms with E-state index < -0.39 is 0 Å². The van der Waals surface area contributed by atoms with Crippen molar-refractivity contribution in [2.45, 2.75) is 49.5 Å². The van der Waals surface area contributed by atoms with Gasteiger partial charge in [-0.05, 0) is 36.5 Å². The zero-order valence-electron chi connectivity index (χ0n) is 10.6. The largest absolute Gasteiger partial charge is 0.305 e. The quantitative estimate of drug-likeness (QED) is 0.759. The van der Waals surface area contributed by atoms with Crippen LogP contribution in [-0.2, 0) is 0 Å². The molecule has 4 atom stereocenters. The van der Waals surface area contributed by atoms with Gasteiger partial charge in [-0.2, -0.15) is 0 Å². The summed E-state index contributed by atoms with van der Waals surface area (Å²) in [6.07, 6.45) is 4.20. The van der Waals surface area contributed by atoms with Crippen LogP contribution in [0.15, 0.2) is 0 Å². The highest BCUT2D eigenvalue weighted by Gasteiger charge is 2.60. The molecule has 4 unspecified atom stereocenters. The first-order valence-electron chi connectivity index (χ1n) is 6.32. The van der Waals surface area contributed by atoms with Crippen LogP contribution in [0, 0.1) is 17.3 Å². The van der Waals surface area contributed by atoms with E-state index in [1.807, 2.05) is 0 Å². The second-order valence-electron chi connectivity index (χ2n) is 6.28. The van der Waals surface area contributed by atoms with Crippen molar-refractivity contribution in [3.63, 3.8) is 0 Å². The van der Waals surface area contributed by atoms with Crippen molar-refractivity contribution in [2.24, 2.45) is 17.3 Å². The number of rotatable bonds is 2. The van der Waals surface area contributed by atoms with Gasteiger partial charge in [0.1, 0.15) is 9.03 Å². The second kappa shape index (κ2) is 4.02. The predicted molar refractivity (Wildman–Crippen MR) is 80.9 cm³/mol. The van der Waals surface area contributed by atoms with E-state index in [-0.39, 0.29) is 0 Å². The molecule has 0 aromatic rings. The van der Waals surface area contributed by atoms with Crippen LogP contribution in [-0.4, -0.2) is 13.8 Å². The Hall–Kier alpha value is 0.550. The fourth-order valence-corrected chi connectivity index (χ4v) is 7.40. The number of hydrogen-bond acceptors (Lipinski definition) is 4. The summed E-state index contributed by atoms with van der Waals surface area (Å²) in [6.45, 7) is 7.38. The molecule has 4 fully saturated rings. The minimum Gasteiger partial charge on any atom is -0.305 e. The summed E-state index contributed by atoms with van der Waals surface area (Å²) >= 11 is 8.99. The first kappa shape index (κ1) is 12.6. The van der Waals surface area contributed by atoms with E-state index >= 15 is 0 Å². The van der Waals surface area contributed by atoms with Gasteiger partial charge in [-0.3, -0.25) is 0 Å². The van der Waals surface area contributed by atoms with Gasteiger partial charge in [-0.25, -0.2) is 5.43 Å². The Balaban J connectivity index is 1.71. The molecule has 4 rings (SSSR count). The third-order valence-electron chi connectivity index (χ3n) is 5.08. The topological polar surface area (TPSA) is 24.1 Å². The molecule has 0 radical (unpaired) electrons. The maximum atomic E-state index is 5.16. The maximum absolute atomic E-state index is 5.16. The first-order chi connectivity index (χ1) is 7.92. The van der Waals surface area contributed by atoms with Crippen LogP contribution in [0.25, 0.3) is 0 Å². The molecule has 2 bridgehead atoms. The van der Waals surface area contributed by atoms with Gasteiger partial charge in [0.2, 0.25) is 0 Å². The van der Waals surface area contributed by atoms with E-state index in [1.165, 1.54) is 19.3 Å². The molecule has 4 aliphatic rings. The van der Waals surface area contributed by atoms with Crippen LogP contribution in [0.3, 0.4) is 0 Å². The van der Waals surface area contributed by atoms with Crippen LogP contribution in [0.5, 0.6) is 0 Å². The molecule has 1 saturated heterocycles. The molecule has 2 nitrogen and oxygen atoms in total. The Morgan fingerprint density at radius 1 is 1.41 bits per heavy atom. The molecule has 2 N–H and O–H groups in total. The highest BCUT2D eigenvalue weighted by molar-refractivity contribution is 8.30. The van der Waals surface area contributed by atoms with Crippen LogP contribution >= 0.6 is 35.7 Å². The van der Waals surface area contributed by atoms with Crippen molar-refractivity contribution >= 4 is 40.1 Å². The minimum absolute atomic E-state index is 0.389. The van der Waals surface area contributed by atoms with Crippen molar-refractivity contribution in [2.75, 3.05) is 0 Å². The Morgan fingerprint density at radius 3 is 2.71 bits per heavy atom. The second-order valence-corrected chi connectivity index (χ2v) is 10.0. The smallest absolute Gasteiger partial charge is 0.150 e. The van der Waals surface area contributed by atoms with Crippen LogP contribution < -0.4 is 10.9 Å². The summed E-state index contributed by atoms with van der Waals surface area (Å²) in [4.78, 5) is 0. The number of hydrogen-bond donors (Lipinski definition) is 2. The standard InChI is InChI=1S/C12H20N2S3/c1-11(2)7-4-5-12(3,8(11)6-7)17-10-14-13-9(15)16-10/h7-8,10,14H,4-6H2,1-3H3,(H,13,15). The van der Waals surface area contributed by atoms with E-state index in [9.17, 15) is 0 Å². The van der Waals surface area contributed by atoms with Gasteiger partial charge in [0.15, 0.2) is 0 Å². The normalized spacial score (nSPS) is 47.5. The van der Waals surface area contributed by atoms with Gasteiger partial charge in [0, 0.05) is 4.75 Å². The maximum Gasteiger partial charge on any atom is 0.150 e. The molecule has 0 aromatic heterocycles. The van der Waals surface area contributed by atoms with E-state index in [4.69, 9.17) is 12.2 Å². The highest BCUT2D eigenvalue weighted by Crippen LogP contribution is 2.66. The summed E-state index contributed by atoms with van der Waals surface area (Å²) in [5.41, 5.74) is 6.88. The van der Waals surface area contributed by atoms with Crippen LogP contribution in [0.4, 0.5) is 0 Å². The SMILES string of the molecule is CC1(SC2NNC(=S)S2)CCC2CC1C2(C)C. The van der Waals surface area contributed by atoms with Gasteiger partial charge >= 0.3 is 0 Å². The van der Waals surface area contributed by atoms with Gasteiger partial charge in [0.05, 0.1) is 0 Å². The molecule has 17 heavy (non-hydrogen) atoms. The monoisotopic (exact) mass is 288 g/mol. The lowest BCUT2D eigenvalue weighted by atomic mass is 9.45. The molecule has 5 heteroatoms. The number of nitrogens with one attached hydrogen (secondary N) is 2. The van der Waals surface area contributed by atoms with Crippen LogP contribution in [0.1, 0.15) is 40.0 Å². The lowest BCUT2D eigenvalue weighted by Crippen LogP contribution is -2.59. The molecule has 1 aliphatic heterocycles. The molecular weight excluding hydrogens is 268 g/mol. The Kier molecular flexibility index (Phi) is 2.97. The average molecular weight is 289 g/mol. The van der Waals surface area contributed by atoms with Crippen molar-refractivity contribution in [3.8, 4) is 0 Å². The lowest BCUT2D eigenvalue weighted by molar-refractivity contribution is -0.0851. The van der Waals surface area contributed by atoms with Crippen LogP contribution in [0.2, 0.25) is 0 Å². The van der Waals surface area contributed by atoms with E-state index in [1.54, 1.807) is 11.8 Å². The van der Waals surface area contributed by atoms with Gasteiger partial charge < -0.3 is 5.43 Å². The summed E-state index contributed by atoms with van der Waals surface area (Å²) in [6, 6.07) is 0. The molecule has 3 saturated carbocycles. The van der Waals surface area contributed by atoms with Gasteiger partial charge in [0.25, 0.3) is 0 Å². The minimum atomic E-state index is 0.389. The Morgan fingerprint density at radius 2 is 2.18 bits per heavy atom. The van der Waals surface area contributed by atoms with Gasteiger partial charge in [-0.1, -0.05) is 44.8 Å². The molecular formula is C12H20N2S3. The number of thioether (sulfide) groups is 2. The third kappa shape index (κ3) is 1.94. The predicted octanol–water partition coefficient (Wildman–Crippen LogP) is 3.34. The summed E-state index contributed by atoms with van der Waals surface area (Å²) in [5, 5.41) is 0. The Labute approximate surface area is 117 Å². The van der Waals surface area contributed by atoms with Crippen molar-refractivity contribution in [1.29, 1.82) is 0 Å². The summed E-state index contributed by atoms with van der Waals surface area (Å²) < 4.78 is 1.69. The Bertz CT molecular complexity index is 356. The summed E-state index contributed by atoms with van der Waals surface area (Å²) in [7, 11) is 0. The van der Waals surface area contributed by atoms with E-state index in [2.05, 4.69) is 43.4 Å². The lowest BCUT2D eigenvalue weighted by Gasteiger charge is -2.64. The molecule has 96 valence electrons. The van der Waals surface area contributed by atoms with Crippen molar-refractivity contribution in [1.82, 2.24) is 10.9 Å². The molecule has 0 spiro atoms.